The zero-order valence-corrected chi connectivity index (χ0v) is 17.2. The number of piperidine rings is 1. The van der Waals surface area contributed by atoms with E-state index in [2.05, 4.69) is 46.5 Å². The van der Waals surface area contributed by atoms with Crippen molar-refractivity contribution in [3.05, 3.63) is 35.7 Å². The summed E-state index contributed by atoms with van der Waals surface area (Å²) in [6, 6.07) is 7.47. The summed E-state index contributed by atoms with van der Waals surface area (Å²) in [7, 11) is 0. The molecule has 2 aromatic rings. The van der Waals surface area contributed by atoms with Gasteiger partial charge in [0.25, 0.3) is 5.91 Å². The van der Waals surface area contributed by atoms with Crippen molar-refractivity contribution in [3.63, 3.8) is 0 Å². The van der Waals surface area contributed by atoms with E-state index in [1.54, 1.807) is 0 Å². The number of hydrogen-bond acceptors (Lipinski definition) is 6. The van der Waals surface area contributed by atoms with Gasteiger partial charge in [-0.2, -0.15) is 0 Å². The molecule has 1 saturated heterocycles. The minimum absolute atomic E-state index is 0.0295. The first-order valence-electron chi connectivity index (χ1n) is 9.90. The molecule has 0 aliphatic carbocycles. The van der Waals surface area contributed by atoms with E-state index in [0.717, 1.165) is 44.0 Å². The lowest BCUT2D eigenvalue weighted by Gasteiger charge is -2.32. The van der Waals surface area contributed by atoms with Gasteiger partial charge in [-0.05, 0) is 75.2 Å². The van der Waals surface area contributed by atoms with Gasteiger partial charge < -0.3 is 10.1 Å². The highest BCUT2D eigenvalue weighted by Crippen LogP contribution is 2.18. The van der Waals surface area contributed by atoms with Crippen LogP contribution in [0.1, 0.15) is 56.7 Å². The van der Waals surface area contributed by atoms with Crippen molar-refractivity contribution in [2.45, 2.75) is 58.7 Å². The summed E-state index contributed by atoms with van der Waals surface area (Å²) in [5, 5.41) is 15.3. The smallest absolute Gasteiger partial charge is 0.251 e. The summed E-state index contributed by atoms with van der Waals surface area (Å²) >= 11 is 0. The molecular weight excluding hydrogens is 356 g/mol. The van der Waals surface area contributed by atoms with Crippen molar-refractivity contribution in [3.8, 4) is 5.75 Å². The van der Waals surface area contributed by atoms with E-state index in [4.69, 9.17) is 4.74 Å². The van der Waals surface area contributed by atoms with Crippen LogP contribution in [0.2, 0.25) is 0 Å². The number of carbonyl (C=O) groups is 1. The Bertz CT molecular complexity index is 773. The first-order valence-corrected chi connectivity index (χ1v) is 9.90. The van der Waals surface area contributed by atoms with E-state index in [0.29, 0.717) is 12.2 Å². The highest BCUT2D eigenvalue weighted by Gasteiger charge is 2.25. The predicted molar refractivity (Wildman–Crippen MR) is 106 cm³/mol. The Morgan fingerprint density at radius 3 is 2.50 bits per heavy atom. The number of nitrogens with zero attached hydrogens (tertiary/aromatic N) is 5. The highest BCUT2D eigenvalue weighted by molar-refractivity contribution is 5.94. The largest absolute Gasteiger partial charge is 0.494 e. The predicted octanol–water partition coefficient (Wildman–Crippen LogP) is 2.22. The average molecular weight is 387 g/mol. The number of likely N-dealkylation sites (tertiary alicyclic amines) is 1. The molecule has 1 fully saturated rings. The summed E-state index contributed by atoms with van der Waals surface area (Å²) in [5.41, 5.74) is 0.526. The summed E-state index contributed by atoms with van der Waals surface area (Å²) in [4.78, 5) is 14.8. The Balaban J connectivity index is 1.49. The van der Waals surface area contributed by atoms with Crippen LogP contribution in [0.25, 0.3) is 0 Å². The Hall–Kier alpha value is -2.48. The quantitative estimate of drug-likeness (QED) is 0.819. The van der Waals surface area contributed by atoms with Gasteiger partial charge in [-0.1, -0.05) is 0 Å². The molecule has 0 radical (unpaired) electrons. The Kier molecular flexibility index (Phi) is 6.28. The molecule has 0 spiro atoms. The SMILES string of the molecule is CCOc1ccc(C(=O)NC2CCN(Cc3nnnn3C(C)(C)C)CC2)cc1. The lowest BCUT2D eigenvalue weighted by molar-refractivity contribution is 0.0906. The van der Waals surface area contributed by atoms with Crippen molar-refractivity contribution < 1.29 is 9.53 Å². The van der Waals surface area contributed by atoms with Gasteiger partial charge in [0.15, 0.2) is 5.82 Å². The third-order valence-corrected chi connectivity index (χ3v) is 4.88. The molecule has 0 atom stereocenters. The monoisotopic (exact) mass is 386 g/mol. The molecule has 152 valence electrons. The molecule has 0 bridgehead atoms. The van der Waals surface area contributed by atoms with Crippen molar-refractivity contribution in [1.82, 2.24) is 30.4 Å². The number of benzene rings is 1. The number of hydrogen-bond donors (Lipinski definition) is 1. The third kappa shape index (κ3) is 5.07. The summed E-state index contributed by atoms with van der Waals surface area (Å²) in [6.07, 6.45) is 1.83. The molecule has 1 aromatic heterocycles. The standard InChI is InChI=1S/C20H30N6O2/c1-5-28-17-8-6-15(7-9-17)19(27)21-16-10-12-25(13-11-16)14-18-22-23-24-26(18)20(2,3)4/h6-9,16H,5,10-14H2,1-4H3,(H,21,27). The van der Waals surface area contributed by atoms with Crippen LogP contribution in [-0.4, -0.2) is 56.8 Å². The van der Waals surface area contributed by atoms with Crippen molar-refractivity contribution >= 4 is 5.91 Å². The van der Waals surface area contributed by atoms with Crippen molar-refractivity contribution in [2.24, 2.45) is 0 Å². The first-order chi connectivity index (χ1) is 13.4. The van der Waals surface area contributed by atoms with E-state index >= 15 is 0 Å². The molecule has 28 heavy (non-hydrogen) atoms. The maximum Gasteiger partial charge on any atom is 0.251 e. The van der Waals surface area contributed by atoms with Crippen LogP contribution in [-0.2, 0) is 12.1 Å². The van der Waals surface area contributed by atoms with Gasteiger partial charge >= 0.3 is 0 Å². The van der Waals surface area contributed by atoms with Gasteiger partial charge in [0.05, 0.1) is 18.7 Å². The average Bonchev–Trinajstić information content (AvgIpc) is 3.13. The molecule has 1 amide bonds. The zero-order valence-electron chi connectivity index (χ0n) is 17.2. The first kappa shape index (κ1) is 20.3. The topological polar surface area (TPSA) is 85.2 Å². The second-order valence-corrected chi connectivity index (χ2v) is 8.16. The van der Waals surface area contributed by atoms with Gasteiger partial charge in [-0.25, -0.2) is 4.68 Å². The fourth-order valence-corrected chi connectivity index (χ4v) is 3.40. The Morgan fingerprint density at radius 1 is 1.21 bits per heavy atom. The molecule has 1 aliphatic rings. The fourth-order valence-electron chi connectivity index (χ4n) is 3.40. The second kappa shape index (κ2) is 8.68. The number of aromatic nitrogens is 4. The highest BCUT2D eigenvalue weighted by atomic mass is 16.5. The van der Waals surface area contributed by atoms with Crippen molar-refractivity contribution in [1.29, 1.82) is 0 Å². The van der Waals surface area contributed by atoms with E-state index in [9.17, 15) is 4.79 Å². The van der Waals surface area contributed by atoms with Gasteiger partial charge in [-0.15, -0.1) is 5.10 Å². The van der Waals surface area contributed by atoms with E-state index in [-0.39, 0.29) is 17.5 Å². The maximum absolute atomic E-state index is 12.5. The number of tetrazole rings is 1. The lowest BCUT2D eigenvalue weighted by Crippen LogP contribution is -2.44. The minimum atomic E-state index is -0.136. The van der Waals surface area contributed by atoms with E-state index in [1.807, 2.05) is 35.9 Å². The fraction of sp³-hybridized carbons (Fsp3) is 0.600. The molecule has 3 rings (SSSR count). The van der Waals surface area contributed by atoms with Crippen LogP contribution in [0.3, 0.4) is 0 Å². The van der Waals surface area contributed by atoms with Gasteiger partial charge in [0, 0.05) is 24.7 Å². The number of rotatable bonds is 6. The van der Waals surface area contributed by atoms with Crippen LogP contribution >= 0.6 is 0 Å². The molecule has 8 heteroatoms. The van der Waals surface area contributed by atoms with Crippen LogP contribution in [0.4, 0.5) is 0 Å². The maximum atomic E-state index is 12.5. The number of carbonyl (C=O) groups excluding carboxylic acids is 1. The molecule has 8 nitrogen and oxygen atoms in total. The molecule has 2 heterocycles. The molecule has 1 N–H and O–H groups in total. The van der Waals surface area contributed by atoms with Crippen LogP contribution in [0.15, 0.2) is 24.3 Å². The normalized spacial score (nSPS) is 16.1. The number of ether oxygens (including phenoxy) is 1. The van der Waals surface area contributed by atoms with E-state index < -0.39 is 0 Å². The summed E-state index contributed by atoms with van der Waals surface area (Å²) in [6.45, 7) is 11.4. The Morgan fingerprint density at radius 2 is 1.89 bits per heavy atom. The van der Waals surface area contributed by atoms with Gasteiger partial charge in [0.2, 0.25) is 0 Å². The van der Waals surface area contributed by atoms with E-state index in [1.165, 1.54) is 0 Å². The lowest BCUT2D eigenvalue weighted by atomic mass is 10.0. The molecule has 0 saturated carbocycles. The Labute approximate surface area is 166 Å². The summed E-state index contributed by atoms with van der Waals surface area (Å²) in [5.74, 6) is 1.63. The molecule has 0 unspecified atom stereocenters. The number of nitrogens with one attached hydrogen (secondary N) is 1. The van der Waals surface area contributed by atoms with Crippen LogP contribution in [0, 0.1) is 0 Å². The minimum Gasteiger partial charge on any atom is -0.494 e. The summed E-state index contributed by atoms with van der Waals surface area (Å²) < 4.78 is 7.30. The zero-order chi connectivity index (χ0) is 20.1. The molecule has 1 aliphatic heterocycles. The van der Waals surface area contributed by atoms with Gasteiger partial charge in [-0.3, -0.25) is 9.69 Å². The van der Waals surface area contributed by atoms with Crippen molar-refractivity contribution in [2.75, 3.05) is 19.7 Å². The van der Waals surface area contributed by atoms with Crippen LogP contribution in [0.5, 0.6) is 5.75 Å². The van der Waals surface area contributed by atoms with Crippen LogP contribution < -0.4 is 10.1 Å². The third-order valence-electron chi connectivity index (χ3n) is 4.88. The second-order valence-electron chi connectivity index (χ2n) is 8.16. The number of amides is 1. The van der Waals surface area contributed by atoms with Gasteiger partial charge in [0.1, 0.15) is 5.75 Å². The molecular formula is C20H30N6O2. The molecule has 1 aromatic carbocycles.